The van der Waals surface area contributed by atoms with Crippen molar-refractivity contribution in [3.8, 4) is 5.88 Å². The minimum atomic E-state index is -1.28. The number of carbonyl (C=O) groups is 1. The zero-order chi connectivity index (χ0) is 12.3. The number of carboxylic acid groups (broad SMARTS) is 1. The number of aromatic nitrogens is 2. The van der Waals surface area contributed by atoms with Crippen molar-refractivity contribution in [1.82, 2.24) is 9.97 Å². The molecular formula is C10H7FN2O3S. The van der Waals surface area contributed by atoms with E-state index >= 15 is 0 Å². The topological polar surface area (TPSA) is 72.3 Å². The van der Waals surface area contributed by atoms with Gasteiger partial charge in [0.25, 0.3) is 0 Å². The van der Waals surface area contributed by atoms with Crippen LogP contribution in [0.25, 0.3) is 0 Å². The molecule has 0 radical (unpaired) electrons. The molecule has 0 atom stereocenters. The molecule has 0 aliphatic rings. The van der Waals surface area contributed by atoms with Crippen LogP contribution in [0.5, 0.6) is 5.88 Å². The monoisotopic (exact) mass is 254 g/mol. The van der Waals surface area contributed by atoms with Gasteiger partial charge in [0.15, 0.2) is 0 Å². The highest BCUT2D eigenvalue weighted by molar-refractivity contribution is 7.09. The zero-order valence-electron chi connectivity index (χ0n) is 8.46. The van der Waals surface area contributed by atoms with E-state index in [0.29, 0.717) is 0 Å². The molecule has 2 rings (SSSR count). The van der Waals surface area contributed by atoms with Crippen molar-refractivity contribution in [2.75, 3.05) is 0 Å². The molecule has 1 N–H and O–H groups in total. The first-order valence-electron chi connectivity index (χ1n) is 4.56. The molecule has 0 spiro atoms. The number of thiazole rings is 1. The fourth-order valence-corrected chi connectivity index (χ4v) is 1.65. The summed E-state index contributed by atoms with van der Waals surface area (Å²) in [5.74, 6) is -2.10. The maximum absolute atomic E-state index is 12.8. The predicted octanol–water partition coefficient (Wildman–Crippen LogP) is 1.95. The third kappa shape index (κ3) is 2.76. The lowest BCUT2D eigenvalue weighted by Crippen LogP contribution is -2.05. The highest BCUT2D eigenvalue weighted by Crippen LogP contribution is 2.18. The van der Waals surface area contributed by atoms with Crippen molar-refractivity contribution in [2.45, 2.75) is 6.61 Å². The summed E-state index contributed by atoms with van der Waals surface area (Å²) < 4.78 is 18.0. The van der Waals surface area contributed by atoms with Gasteiger partial charge in [-0.05, 0) is 6.07 Å². The average Bonchev–Trinajstić information content (AvgIpc) is 2.80. The van der Waals surface area contributed by atoms with Crippen molar-refractivity contribution in [3.63, 3.8) is 0 Å². The minimum Gasteiger partial charge on any atom is -0.477 e. The van der Waals surface area contributed by atoms with Gasteiger partial charge in [0.05, 0.1) is 16.6 Å². The summed E-state index contributed by atoms with van der Waals surface area (Å²) in [6, 6.07) is 0.872. The van der Waals surface area contributed by atoms with Crippen molar-refractivity contribution in [2.24, 2.45) is 0 Å². The van der Waals surface area contributed by atoms with E-state index in [2.05, 4.69) is 9.97 Å². The van der Waals surface area contributed by atoms with Gasteiger partial charge in [-0.2, -0.15) is 0 Å². The Morgan fingerprint density at radius 1 is 1.53 bits per heavy atom. The van der Waals surface area contributed by atoms with Crippen LogP contribution in [-0.2, 0) is 6.61 Å². The van der Waals surface area contributed by atoms with Crippen LogP contribution >= 0.6 is 11.3 Å². The largest absolute Gasteiger partial charge is 0.477 e. The first-order chi connectivity index (χ1) is 8.16. The highest BCUT2D eigenvalue weighted by Gasteiger charge is 2.14. The van der Waals surface area contributed by atoms with Crippen LogP contribution in [-0.4, -0.2) is 21.0 Å². The third-order valence-electron chi connectivity index (χ3n) is 1.88. The molecule has 0 fully saturated rings. The Bertz CT molecular complexity index is 530. The Balaban J connectivity index is 2.17. The van der Waals surface area contributed by atoms with Gasteiger partial charge in [-0.15, -0.1) is 11.3 Å². The molecule has 2 heterocycles. The summed E-state index contributed by atoms with van der Waals surface area (Å²) >= 11 is 1.37. The zero-order valence-corrected chi connectivity index (χ0v) is 9.28. The first-order valence-corrected chi connectivity index (χ1v) is 5.44. The molecule has 0 amide bonds. The molecule has 0 aliphatic carbocycles. The van der Waals surface area contributed by atoms with Gasteiger partial charge >= 0.3 is 5.97 Å². The maximum atomic E-state index is 12.8. The van der Waals surface area contributed by atoms with E-state index in [1.54, 1.807) is 11.7 Å². The van der Waals surface area contributed by atoms with Crippen LogP contribution in [0.2, 0.25) is 0 Å². The smallest absolute Gasteiger partial charge is 0.341 e. The maximum Gasteiger partial charge on any atom is 0.341 e. The quantitative estimate of drug-likeness (QED) is 0.902. The molecule has 0 saturated heterocycles. The number of hydrogen-bond acceptors (Lipinski definition) is 5. The van der Waals surface area contributed by atoms with Crippen LogP contribution in [0.3, 0.4) is 0 Å². The standard InChI is InChI=1S/C10H7FN2O3S/c11-6-1-8(10(14)15)9(13-2-6)16-4-7-3-12-5-17-7/h1-3,5H,4H2,(H,14,15). The average molecular weight is 254 g/mol. The van der Waals surface area contributed by atoms with E-state index < -0.39 is 11.8 Å². The SMILES string of the molecule is O=C(O)c1cc(F)cnc1OCc1cncs1. The number of ether oxygens (including phenoxy) is 1. The Kier molecular flexibility index (Phi) is 3.29. The fraction of sp³-hybridized carbons (Fsp3) is 0.100. The molecule has 0 aliphatic heterocycles. The second kappa shape index (κ2) is 4.88. The van der Waals surface area contributed by atoms with Crippen molar-refractivity contribution >= 4 is 17.3 Å². The molecule has 0 unspecified atom stereocenters. The number of hydrogen-bond donors (Lipinski definition) is 1. The molecule has 0 saturated carbocycles. The van der Waals surface area contributed by atoms with Gasteiger partial charge < -0.3 is 9.84 Å². The van der Waals surface area contributed by atoms with Crippen LogP contribution in [0.4, 0.5) is 4.39 Å². The van der Waals surface area contributed by atoms with E-state index in [1.165, 1.54) is 11.3 Å². The Labute approximate surface area is 99.5 Å². The Morgan fingerprint density at radius 2 is 2.35 bits per heavy atom. The molecular weight excluding hydrogens is 247 g/mol. The van der Waals surface area contributed by atoms with Gasteiger partial charge in [-0.3, -0.25) is 4.98 Å². The van der Waals surface area contributed by atoms with Gasteiger partial charge in [-0.25, -0.2) is 14.2 Å². The number of aromatic carboxylic acids is 1. The number of nitrogens with zero attached hydrogens (tertiary/aromatic N) is 2. The second-order valence-electron chi connectivity index (χ2n) is 3.07. The molecule has 0 bridgehead atoms. The van der Waals surface area contributed by atoms with Crippen molar-refractivity contribution < 1.29 is 19.0 Å². The number of halogens is 1. The summed E-state index contributed by atoms with van der Waals surface area (Å²) in [7, 11) is 0. The number of rotatable bonds is 4. The normalized spacial score (nSPS) is 10.2. The molecule has 5 nitrogen and oxygen atoms in total. The van der Waals surface area contributed by atoms with E-state index in [1.807, 2.05) is 0 Å². The molecule has 2 aromatic heterocycles. The Morgan fingerprint density at radius 3 is 3.00 bits per heavy atom. The van der Waals surface area contributed by atoms with E-state index in [-0.39, 0.29) is 18.1 Å². The molecule has 17 heavy (non-hydrogen) atoms. The lowest BCUT2D eigenvalue weighted by molar-refractivity contribution is 0.0690. The van der Waals surface area contributed by atoms with Gasteiger partial charge in [-0.1, -0.05) is 0 Å². The third-order valence-corrected chi connectivity index (χ3v) is 2.64. The van der Waals surface area contributed by atoms with Crippen molar-refractivity contribution in [3.05, 3.63) is 40.2 Å². The first kappa shape index (κ1) is 11.5. The lowest BCUT2D eigenvalue weighted by Gasteiger charge is -2.06. The van der Waals surface area contributed by atoms with Crippen LogP contribution in [0.15, 0.2) is 24.0 Å². The second-order valence-corrected chi connectivity index (χ2v) is 4.04. The summed E-state index contributed by atoms with van der Waals surface area (Å²) in [6.45, 7) is 0.156. The predicted molar refractivity (Wildman–Crippen MR) is 57.6 cm³/mol. The van der Waals surface area contributed by atoms with Crippen molar-refractivity contribution in [1.29, 1.82) is 0 Å². The summed E-state index contributed by atoms with van der Waals surface area (Å²) in [5, 5.41) is 8.85. The summed E-state index contributed by atoms with van der Waals surface area (Å²) in [5.41, 5.74) is 1.34. The van der Waals surface area contributed by atoms with E-state index in [0.717, 1.165) is 17.1 Å². The van der Waals surface area contributed by atoms with Crippen LogP contribution < -0.4 is 4.74 Å². The van der Waals surface area contributed by atoms with Crippen LogP contribution in [0.1, 0.15) is 15.2 Å². The molecule has 88 valence electrons. The highest BCUT2D eigenvalue weighted by atomic mass is 32.1. The molecule has 2 aromatic rings. The van der Waals surface area contributed by atoms with Crippen LogP contribution in [0, 0.1) is 5.82 Å². The van der Waals surface area contributed by atoms with Gasteiger partial charge in [0.2, 0.25) is 5.88 Å². The molecule has 7 heteroatoms. The summed E-state index contributed by atoms with van der Waals surface area (Å²) in [4.78, 5) is 19.1. The van der Waals surface area contributed by atoms with E-state index in [4.69, 9.17) is 9.84 Å². The fourth-order valence-electron chi connectivity index (χ4n) is 1.15. The van der Waals surface area contributed by atoms with E-state index in [9.17, 15) is 9.18 Å². The van der Waals surface area contributed by atoms with Gasteiger partial charge in [0.1, 0.15) is 18.0 Å². The number of carboxylic acids is 1. The minimum absolute atomic E-state index is 0.104. The number of pyridine rings is 1. The summed E-state index contributed by atoms with van der Waals surface area (Å²) in [6.07, 6.45) is 2.52. The van der Waals surface area contributed by atoms with Gasteiger partial charge in [0, 0.05) is 6.20 Å². The molecule has 0 aromatic carbocycles. The lowest BCUT2D eigenvalue weighted by atomic mass is 10.3. The Hall–Kier alpha value is -2.02.